The lowest BCUT2D eigenvalue weighted by Gasteiger charge is -2.34. The van der Waals surface area contributed by atoms with Gasteiger partial charge >= 0.3 is 11.9 Å². The number of hydrogen-bond donors (Lipinski definition) is 0. The summed E-state index contributed by atoms with van der Waals surface area (Å²) in [6, 6.07) is -0.728. The zero-order valence-corrected chi connectivity index (χ0v) is 38.5. The lowest BCUT2D eigenvalue weighted by molar-refractivity contribution is -0.889. The number of carbonyl (C=O) groups excluding carboxylic acids is 3. The van der Waals surface area contributed by atoms with Gasteiger partial charge in [-0.1, -0.05) is 166 Å². The van der Waals surface area contributed by atoms with E-state index in [1.807, 2.05) is 0 Å². The number of carboxylic acid groups (broad SMARTS) is 1. The third kappa shape index (κ3) is 39.0. The topological polar surface area (TPSA) is 102 Å². The highest BCUT2D eigenvalue weighted by Crippen LogP contribution is 2.15. The van der Waals surface area contributed by atoms with Gasteiger partial charge in [0.05, 0.1) is 40.3 Å². The van der Waals surface area contributed by atoms with E-state index in [0.29, 0.717) is 12.8 Å². The Morgan fingerprint density at radius 3 is 1.43 bits per heavy atom. The molecule has 0 heterocycles. The number of nitrogens with zero attached hydrogens (tertiary/aromatic N) is 1. The maximum atomic E-state index is 12.7. The number of rotatable bonds is 43. The van der Waals surface area contributed by atoms with E-state index in [4.69, 9.17) is 14.2 Å². The molecule has 0 N–H and O–H groups in total. The number of ether oxygens (including phenoxy) is 3. The maximum absolute atomic E-state index is 12.7. The van der Waals surface area contributed by atoms with E-state index < -0.39 is 18.1 Å². The third-order valence-corrected chi connectivity index (χ3v) is 10.8. The van der Waals surface area contributed by atoms with E-state index in [2.05, 4.69) is 50.3 Å². The van der Waals surface area contributed by atoms with Gasteiger partial charge in [-0.2, -0.15) is 0 Å². The van der Waals surface area contributed by atoms with E-state index in [9.17, 15) is 19.5 Å². The first-order valence-corrected chi connectivity index (χ1v) is 24.0. The molecular formula is C50H91NO7. The van der Waals surface area contributed by atoms with Crippen molar-refractivity contribution in [1.82, 2.24) is 0 Å². The minimum absolute atomic E-state index is 0.0355. The van der Waals surface area contributed by atoms with Crippen LogP contribution in [0.15, 0.2) is 36.5 Å². The fraction of sp³-hybridized carbons (Fsp3) is 0.820. The molecule has 0 saturated heterocycles. The predicted octanol–water partition coefficient (Wildman–Crippen LogP) is 12.1. The lowest BCUT2D eigenvalue weighted by atomic mass is 10.0. The maximum Gasteiger partial charge on any atom is 0.306 e. The molecule has 8 heteroatoms. The van der Waals surface area contributed by atoms with Gasteiger partial charge in [0.15, 0.2) is 6.10 Å². The number of carboxylic acids is 1. The van der Waals surface area contributed by atoms with Crippen molar-refractivity contribution in [2.45, 2.75) is 225 Å². The second kappa shape index (κ2) is 41.3. The fourth-order valence-corrected chi connectivity index (χ4v) is 7.05. The number of allylic oxidation sites excluding steroid dienone is 6. The molecule has 0 rings (SSSR count). The van der Waals surface area contributed by atoms with E-state index in [0.717, 1.165) is 70.6 Å². The van der Waals surface area contributed by atoms with Crippen molar-refractivity contribution in [2.24, 2.45) is 0 Å². The quantitative estimate of drug-likeness (QED) is 0.0261. The predicted molar refractivity (Wildman–Crippen MR) is 240 cm³/mol. The monoisotopic (exact) mass is 818 g/mol. The average Bonchev–Trinajstić information content (AvgIpc) is 3.18. The van der Waals surface area contributed by atoms with Crippen LogP contribution in [0.4, 0.5) is 0 Å². The van der Waals surface area contributed by atoms with Gasteiger partial charge < -0.3 is 28.6 Å². The second-order valence-corrected chi connectivity index (χ2v) is 17.3. The van der Waals surface area contributed by atoms with Crippen molar-refractivity contribution in [3.8, 4) is 0 Å². The fourth-order valence-electron chi connectivity index (χ4n) is 7.05. The van der Waals surface area contributed by atoms with Crippen molar-refractivity contribution < 1.29 is 38.2 Å². The largest absolute Gasteiger partial charge is 0.544 e. The zero-order chi connectivity index (χ0) is 42.8. The molecule has 0 radical (unpaired) electrons. The van der Waals surface area contributed by atoms with Crippen molar-refractivity contribution in [2.75, 3.05) is 41.0 Å². The van der Waals surface area contributed by atoms with Gasteiger partial charge in [-0.3, -0.25) is 9.59 Å². The highest BCUT2D eigenvalue weighted by atomic mass is 16.6. The summed E-state index contributed by atoms with van der Waals surface area (Å²) in [5.41, 5.74) is 0. The van der Waals surface area contributed by atoms with Crippen LogP contribution in [0.1, 0.15) is 213 Å². The molecule has 0 fully saturated rings. The summed E-state index contributed by atoms with van der Waals surface area (Å²) in [5.74, 6) is -1.75. The highest BCUT2D eigenvalue weighted by molar-refractivity contribution is 5.70. The number of esters is 2. The smallest absolute Gasteiger partial charge is 0.306 e. The van der Waals surface area contributed by atoms with Crippen LogP contribution in [0.5, 0.6) is 0 Å². The van der Waals surface area contributed by atoms with Gasteiger partial charge in [0.2, 0.25) is 0 Å². The number of carbonyl (C=O) groups is 3. The molecule has 0 aromatic rings. The molecule has 0 amide bonds. The number of likely N-dealkylation sites (N-methyl/N-ethyl adjacent to an activating group) is 1. The number of unbranched alkanes of at least 4 members (excludes halogenated alkanes) is 23. The normalized spacial score (nSPS) is 13.2. The first-order valence-electron chi connectivity index (χ1n) is 24.0. The summed E-state index contributed by atoms with van der Waals surface area (Å²) in [6.07, 6.45) is 47.5. The van der Waals surface area contributed by atoms with E-state index in [1.54, 1.807) is 21.1 Å². The van der Waals surface area contributed by atoms with Crippen molar-refractivity contribution in [3.05, 3.63) is 36.5 Å². The van der Waals surface area contributed by atoms with Crippen LogP contribution in [0, 0.1) is 0 Å². The Labute approximate surface area is 357 Å². The first-order chi connectivity index (χ1) is 28.1. The Kier molecular flexibility index (Phi) is 39.5. The molecule has 0 aliphatic rings. The van der Waals surface area contributed by atoms with E-state index >= 15 is 0 Å². The summed E-state index contributed by atoms with van der Waals surface area (Å²) in [7, 11) is 5.40. The summed E-state index contributed by atoms with van der Waals surface area (Å²) < 4.78 is 17.2. The van der Waals surface area contributed by atoms with Crippen molar-refractivity contribution in [3.63, 3.8) is 0 Å². The minimum Gasteiger partial charge on any atom is -0.544 e. The second-order valence-electron chi connectivity index (χ2n) is 17.3. The summed E-state index contributed by atoms with van der Waals surface area (Å²) in [4.78, 5) is 36.9. The Bertz CT molecular complexity index is 1050. The van der Waals surface area contributed by atoms with Crippen LogP contribution in [-0.2, 0) is 28.6 Å². The Balaban J connectivity index is 4.23. The van der Waals surface area contributed by atoms with Gasteiger partial charge in [-0.25, -0.2) is 0 Å². The zero-order valence-electron chi connectivity index (χ0n) is 38.5. The number of quaternary nitrogens is 1. The summed E-state index contributed by atoms with van der Waals surface area (Å²) in [6.45, 7) is 4.55. The molecule has 0 saturated carbocycles. The molecule has 0 aliphatic heterocycles. The molecule has 2 unspecified atom stereocenters. The Morgan fingerprint density at radius 1 is 0.534 bits per heavy atom. The minimum atomic E-state index is -1.13. The van der Waals surface area contributed by atoms with Crippen LogP contribution in [0.25, 0.3) is 0 Å². The third-order valence-electron chi connectivity index (χ3n) is 10.8. The summed E-state index contributed by atoms with van der Waals surface area (Å²) in [5, 5.41) is 11.6. The molecule has 0 aromatic heterocycles. The number of hydrogen-bond acceptors (Lipinski definition) is 7. The van der Waals surface area contributed by atoms with Crippen LogP contribution in [0.2, 0.25) is 0 Å². The van der Waals surface area contributed by atoms with Crippen LogP contribution in [0.3, 0.4) is 0 Å². The summed E-state index contributed by atoms with van der Waals surface area (Å²) >= 11 is 0. The molecule has 2 atom stereocenters. The van der Waals surface area contributed by atoms with Gasteiger partial charge in [-0.05, 0) is 64.2 Å². The molecule has 8 nitrogen and oxygen atoms in total. The first kappa shape index (κ1) is 55.5. The van der Waals surface area contributed by atoms with Gasteiger partial charge in [0, 0.05) is 19.3 Å². The number of aliphatic carboxylic acids is 1. The van der Waals surface area contributed by atoms with E-state index in [1.165, 1.54) is 109 Å². The molecule has 0 aliphatic carbocycles. The van der Waals surface area contributed by atoms with E-state index in [-0.39, 0.29) is 42.7 Å². The molecule has 0 bridgehead atoms. The van der Waals surface area contributed by atoms with Crippen LogP contribution in [-0.4, -0.2) is 75.5 Å². The Morgan fingerprint density at radius 2 is 0.966 bits per heavy atom. The van der Waals surface area contributed by atoms with Gasteiger partial charge in [0.25, 0.3) is 0 Å². The standard InChI is InChI=1S/C50H91NO7/c1-6-8-10-12-14-16-18-20-21-22-23-24-25-26-27-28-29-31-33-35-37-39-41-49(53)58-46(44-56-43-42-47(50(54)55)51(3,4)5)45-57-48(52)40-38-36-34-32-30-19-17-15-13-11-9-7-2/h9,11,15,17,25-26,46-47H,6-8,10,12-14,16,18-24,27-45H2,1-5H3/b11-9+,17-15+,26-25+. The van der Waals surface area contributed by atoms with Gasteiger partial charge in [-0.15, -0.1) is 0 Å². The molecular weight excluding hydrogens is 727 g/mol. The van der Waals surface area contributed by atoms with Crippen molar-refractivity contribution in [1.29, 1.82) is 0 Å². The lowest BCUT2D eigenvalue weighted by Crippen LogP contribution is -2.55. The highest BCUT2D eigenvalue weighted by Gasteiger charge is 2.25. The Hall–Kier alpha value is -2.45. The van der Waals surface area contributed by atoms with Crippen LogP contribution < -0.4 is 5.11 Å². The van der Waals surface area contributed by atoms with Gasteiger partial charge in [0.1, 0.15) is 12.6 Å². The molecule has 58 heavy (non-hydrogen) atoms. The molecule has 338 valence electrons. The SMILES string of the molecule is CC/C=C/C/C=C/CCCCCCCC(=O)OCC(COCCC(C(=O)[O-])[N+](C)(C)C)OC(=O)CCCCCCCCC/C=C/CCCCCCCCCCCCC. The molecule has 0 aromatic carbocycles. The molecule has 0 spiro atoms. The van der Waals surface area contributed by atoms with Crippen LogP contribution >= 0.6 is 0 Å². The average molecular weight is 818 g/mol. The van der Waals surface area contributed by atoms with Crippen molar-refractivity contribution >= 4 is 17.9 Å².